The van der Waals surface area contributed by atoms with E-state index in [-0.39, 0.29) is 5.41 Å². The Morgan fingerprint density at radius 1 is 0.377 bits per heavy atom. The molecule has 0 spiro atoms. The summed E-state index contributed by atoms with van der Waals surface area (Å²) in [6.45, 7) is 4.67. The molecule has 4 nitrogen and oxygen atoms in total. The number of para-hydroxylation sites is 4. The van der Waals surface area contributed by atoms with Gasteiger partial charge < -0.3 is 18.2 Å². The van der Waals surface area contributed by atoms with Crippen LogP contribution in [0.2, 0.25) is 0 Å². The van der Waals surface area contributed by atoms with E-state index in [9.17, 15) is 0 Å². The Bertz CT molecular complexity index is 3750. The van der Waals surface area contributed by atoms with Crippen LogP contribution in [0.25, 0.3) is 99.2 Å². The van der Waals surface area contributed by atoms with Crippen LogP contribution in [0.15, 0.2) is 201 Å². The summed E-state index contributed by atoms with van der Waals surface area (Å²) in [6.07, 6.45) is 0. The van der Waals surface area contributed by atoms with Crippen molar-refractivity contribution >= 4 is 82.9 Å². The van der Waals surface area contributed by atoms with Crippen molar-refractivity contribution in [3.63, 3.8) is 0 Å². The van der Waals surface area contributed by atoms with Crippen LogP contribution in [0.4, 0.5) is 17.1 Å². The maximum atomic E-state index is 7.42. The van der Waals surface area contributed by atoms with Crippen LogP contribution in [0, 0.1) is 0 Å². The van der Waals surface area contributed by atoms with Gasteiger partial charge in [-0.3, -0.25) is 0 Å². The molecule has 0 fully saturated rings. The van der Waals surface area contributed by atoms with Crippen LogP contribution in [-0.2, 0) is 5.41 Å². The molecule has 0 amide bonds. The van der Waals surface area contributed by atoms with E-state index in [0.29, 0.717) is 0 Å². The summed E-state index contributed by atoms with van der Waals surface area (Å²) in [6, 6.07) is 66.7. The average molecular weight is 784 g/mol. The SMILES string of the molecule is CC1(C)c2ccccc2-c2ccc(-c3c4oc5c(N(c6cccc(-c7ccccc7)c6)c6cccc7c6oc6ccccc67)cccc5c4cc4oc5ccccc5c34)cc21. The summed E-state index contributed by atoms with van der Waals surface area (Å²) in [5.41, 5.74) is 17.3. The molecule has 0 saturated heterocycles. The Hall–Kier alpha value is -7.82. The standard InChI is InChI=1S/C57H37NO3/c1-57(2)45-24-9-6-19-38(45)39-30-29-36(32-46(39)57)52-53-43-21-8-11-28-50(43)59-51(53)33-44-42-23-14-26-48(55(42)61-56(44)52)58(37-18-12-17-35(31-37)34-15-4-3-5-16-34)47-25-13-22-41-40-20-7-10-27-49(40)60-54(41)47/h3-33H,1-2H3. The van der Waals surface area contributed by atoms with Gasteiger partial charge in [0.15, 0.2) is 11.2 Å². The smallest absolute Gasteiger partial charge is 0.159 e. The van der Waals surface area contributed by atoms with E-state index in [1.165, 1.54) is 22.3 Å². The van der Waals surface area contributed by atoms with Gasteiger partial charge in [0.25, 0.3) is 0 Å². The monoisotopic (exact) mass is 783 g/mol. The van der Waals surface area contributed by atoms with Crippen molar-refractivity contribution in [1.29, 1.82) is 0 Å². The Morgan fingerprint density at radius 2 is 1.00 bits per heavy atom. The van der Waals surface area contributed by atoms with Crippen molar-refractivity contribution in [2.45, 2.75) is 19.3 Å². The second-order valence-electron chi connectivity index (χ2n) is 16.8. The quantitative estimate of drug-likeness (QED) is 0.174. The Kier molecular flexibility index (Phi) is 7.04. The zero-order valence-electron chi connectivity index (χ0n) is 33.6. The molecule has 9 aromatic carbocycles. The zero-order chi connectivity index (χ0) is 40.4. The highest BCUT2D eigenvalue weighted by Crippen LogP contribution is 2.53. The van der Waals surface area contributed by atoms with E-state index in [1.54, 1.807) is 0 Å². The van der Waals surface area contributed by atoms with Crippen molar-refractivity contribution < 1.29 is 13.3 Å². The Labute approximate surface area is 351 Å². The van der Waals surface area contributed by atoms with Crippen molar-refractivity contribution in [2.24, 2.45) is 0 Å². The van der Waals surface area contributed by atoms with E-state index in [0.717, 1.165) is 105 Å². The molecular weight excluding hydrogens is 747 g/mol. The van der Waals surface area contributed by atoms with Crippen molar-refractivity contribution in [3.05, 3.63) is 199 Å². The Morgan fingerprint density at radius 3 is 1.82 bits per heavy atom. The maximum absolute atomic E-state index is 7.42. The average Bonchev–Trinajstić information content (AvgIpc) is 4.05. The van der Waals surface area contributed by atoms with Gasteiger partial charge in [0.05, 0.1) is 11.4 Å². The normalized spacial score (nSPS) is 13.2. The van der Waals surface area contributed by atoms with Gasteiger partial charge in [-0.25, -0.2) is 0 Å². The third-order valence-electron chi connectivity index (χ3n) is 13.1. The minimum absolute atomic E-state index is 0.166. The molecule has 0 radical (unpaired) electrons. The predicted molar refractivity (Wildman–Crippen MR) is 251 cm³/mol. The minimum atomic E-state index is -0.166. The molecule has 13 rings (SSSR count). The molecule has 0 unspecified atom stereocenters. The molecule has 288 valence electrons. The van der Waals surface area contributed by atoms with Gasteiger partial charge in [0.1, 0.15) is 22.3 Å². The first kappa shape index (κ1) is 34.1. The molecule has 0 atom stereocenters. The number of hydrogen-bond acceptors (Lipinski definition) is 4. The van der Waals surface area contributed by atoms with Crippen LogP contribution in [0.5, 0.6) is 0 Å². The van der Waals surface area contributed by atoms with Crippen LogP contribution >= 0.6 is 0 Å². The van der Waals surface area contributed by atoms with Crippen LogP contribution < -0.4 is 4.90 Å². The fraction of sp³-hybridized carbons (Fsp3) is 0.0526. The third-order valence-corrected chi connectivity index (χ3v) is 13.1. The maximum Gasteiger partial charge on any atom is 0.159 e. The summed E-state index contributed by atoms with van der Waals surface area (Å²) in [4.78, 5) is 2.30. The second-order valence-corrected chi connectivity index (χ2v) is 16.8. The highest BCUT2D eigenvalue weighted by Gasteiger charge is 2.36. The lowest BCUT2D eigenvalue weighted by Crippen LogP contribution is -2.14. The molecule has 0 bridgehead atoms. The number of rotatable bonds is 5. The van der Waals surface area contributed by atoms with Crippen molar-refractivity contribution in [3.8, 4) is 33.4 Å². The lowest BCUT2D eigenvalue weighted by Gasteiger charge is -2.26. The number of benzene rings is 9. The summed E-state index contributed by atoms with van der Waals surface area (Å²) < 4.78 is 20.9. The second kappa shape index (κ2) is 12.6. The zero-order valence-corrected chi connectivity index (χ0v) is 33.6. The molecule has 61 heavy (non-hydrogen) atoms. The molecule has 0 saturated carbocycles. The molecule has 12 aromatic rings. The lowest BCUT2D eigenvalue weighted by atomic mass is 9.81. The fourth-order valence-corrected chi connectivity index (χ4v) is 10.2. The van der Waals surface area contributed by atoms with Gasteiger partial charge >= 0.3 is 0 Å². The van der Waals surface area contributed by atoms with E-state index in [1.807, 2.05) is 18.2 Å². The van der Waals surface area contributed by atoms with Gasteiger partial charge in [-0.1, -0.05) is 153 Å². The summed E-state index contributed by atoms with van der Waals surface area (Å²) in [5.74, 6) is 0. The van der Waals surface area contributed by atoms with Gasteiger partial charge in [0.2, 0.25) is 0 Å². The largest absolute Gasteiger partial charge is 0.456 e. The summed E-state index contributed by atoms with van der Waals surface area (Å²) in [7, 11) is 0. The number of nitrogens with zero attached hydrogens (tertiary/aromatic N) is 1. The molecular formula is C57H37NO3. The summed E-state index contributed by atoms with van der Waals surface area (Å²) >= 11 is 0. The van der Waals surface area contributed by atoms with Crippen LogP contribution in [-0.4, -0.2) is 0 Å². The highest BCUT2D eigenvalue weighted by atomic mass is 16.3. The number of furan rings is 3. The topological polar surface area (TPSA) is 42.7 Å². The van der Waals surface area contributed by atoms with Crippen LogP contribution in [0.3, 0.4) is 0 Å². The summed E-state index contributed by atoms with van der Waals surface area (Å²) in [5, 5.41) is 6.27. The first-order chi connectivity index (χ1) is 30.0. The molecule has 4 heteroatoms. The fourth-order valence-electron chi connectivity index (χ4n) is 10.2. The van der Waals surface area contributed by atoms with Gasteiger partial charge in [0, 0.05) is 49.0 Å². The lowest BCUT2D eigenvalue weighted by molar-refractivity contribution is 0.660. The predicted octanol–water partition coefficient (Wildman–Crippen LogP) is 16.5. The van der Waals surface area contributed by atoms with Crippen molar-refractivity contribution in [1.82, 2.24) is 0 Å². The molecule has 3 heterocycles. The number of hydrogen-bond donors (Lipinski definition) is 0. The van der Waals surface area contributed by atoms with Crippen LogP contribution in [0.1, 0.15) is 25.0 Å². The van der Waals surface area contributed by atoms with Gasteiger partial charge in [-0.05, 0) is 87.5 Å². The number of fused-ring (bicyclic) bond motifs is 12. The first-order valence-corrected chi connectivity index (χ1v) is 20.9. The van der Waals surface area contributed by atoms with E-state index in [2.05, 4.69) is 189 Å². The first-order valence-electron chi connectivity index (χ1n) is 20.9. The molecule has 0 aliphatic heterocycles. The number of anilines is 3. The van der Waals surface area contributed by atoms with E-state index in [4.69, 9.17) is 13.3 Å². The highest BCUT2D eigenvalue weighted by molar-refractivity contribution is 6.25. The molecule has 1 aliphatic carbocycles. The van der Waals surface area contributed by atoms with Gasteiger partial charge in [-0.2, -0.15) is 0 Å². The molecule has 3 aromatic heterocycles. The molecule has 1 aliphatic rings. The van der Waals surface area contributed by atoms with Gasteiger partial charge in [-0.15, -0.1) is 0 Å². The molecule has 0 N–H and O–H groups in total. The minimum Gasteiger partial charge on any atom is -0.456 e. The Balaban J connectivity index is 1.11. The van der Waals surface area contributed by atoms with E-state index < -0.39 is 0 Å². The van der Waals surface area contributed by atoms with E-state index >= 15 is 0 Å². The van der Waals surface area contributed by atoms with Crippen molar-refractivity contribution in [2.75, 3.05) is 4.90 Å². The third kappa shape index (κ3) is 4.87.